The molecule has 0 radical (unpaired) electrons. The first-order valence-corrected chi connectivity index (χ1v) is 6.79. The highest BCUT2D eigenvalue weighted by Gasteiger charge is 2.39. The molecule has 1 aromatic rings. The molecule has 0 saturated heterocycles. The minimum absolute atomic E-state index is 0.0943. The van der Waals surface area contributed by atoms with Gasteiger partial charge in [0.15, 0.2) is 0 Å². The molecular weight excluding hydrogens is 247 g/mol. The van der Waals surface area contributed by atoms with Crippen LogP contribution in [-0.4, -0.2) is 17.7 Å². The van der Waals surface area contributed by atoms with E-state index in [9.17, 15) is 9.18 Å². The highest BCUT2D eigenvalue weighted by molar-refractivity contribution is 5.90. The fraction of sp³-hybridized carbons (Fsp3) is 0.533. The number of halogens is 1. The largest absolute Gasteiger partial charge is 0.492 e. The number of benzene rings is 1. The average molecular weight is 264 g/mol. The molecule has 3 nitrogen and oxygen atoms in total. The molecule has 2 aliphatic rings. The number of ether oxygens (including phenoxy) is 1. The van der Waals surface area contributed by atoms with Crippen molar-refractivity contribution in [3.63, 3.8) is 0 Å². The Morgan fingerprint density at radius 3 is 2.84 bits per heavy atom. The first kappa shape index (κ1) is 12.5. The van der Waals surface area contributed by atoms with Crippen molar-refractivity contribution in [2.75, 3.05) is 6.61 Å². The van der Waals surface area contributed by atoms with Crippen LogP contribution in [0.25, 0.3) is 0 Å². The summed E-state index contributed by atoms with van der Waals surface area (Å²) in [7, 11) is 0. The van der Waals surface area contributed by atoms with Gasteiger partial charge in [-0.3, -0.25) is 0 Å². The molecule has 2 fully saturated rings. The number of hydrogen-bond acceptors (Lipinski definition) is 2. The van der Waals surface area contributed by atoms with Gasteiger partial charge in [-0.1, -0.05) is 6.42 Å². The van der Waals surface area contributed by atoms with E-state index in [1.165, 1.54) is 37.8 Å². The van der Waals surface area contributed by atoms with Crippen molar-refractivity contribution >= 4 is 5.97 Å². The van der Waals surface area contributed by atoms with Crippen molar-refractivity contribution in [2.24, 2.45) is 17.8 Å². The van der Waals surface area contributed by atoms with Gasteiger partial charge in [-0.05, 0) is 55.2 Å². The Labute approximate surface area is 111 Å². The summed E-state index contributed by atoms with van der Waals surface area (Å²) in [6, 6.07) is 3.66. The molecular formula is C15H17FO3. The lowest BCUT2D eigenvalue weighted by atomic mass is 9.89. The van der Waals surface area contributed by atoms with E-state index in [1.54, 1.807) is 0 Å². The van der Waals surface area contributed by atoms with Crippen LogP contribution < -0.4 is 4.74 Å². The molecule has 0 aromatic heterocycles. The molecule has 0 heterocycles. The number of fused-ring (bicyclic) bond motifs is 2. The highest BCUT2D eigenvalue weighted by atomic mass is 19.1. The third kappa shape index (κ3) is 2.44. The summed E-state index contributed by atoms with van der Waals surface area (Å²) in [6.45, 7) is 0.549. The van der Waals surface area contributed by atoms with Crippen molar-refractivity contribution in [3.8, 4) is 5.75 Å². The van der Waals surface area contributed by atoms with Gasteiger partial charge in [0.1, 0.15) is 17.1 Å². The fourth-order valence-electron chi connectivity index (χ4n) is 3.57. The van der Waals surface area contributed by atoms with E-state index in [0.717, 1.165) is 17.9 Å². The van der Waals surface area contributed by atoms with Crippen molar-refractivity contribution in [3.05, 3.63) is 29.6 Å². The quantitative estimate of drug-likeness (QED) is 0.907. The summed E-state index contributed by atoms with van der Waals surface area (Å²) in [6.07, 6.45) is 5.09. The number of aromatic carboxylic acids is 1. The van der Waals surface area contributed by atoms with E-state index in [-0.39, 0.29) is 11.3 Å². The summed E-state index contributed by atoms with van der Waals surface area (Å²) in [4.78, 5) is 11.1. The highest BCUT2D eigenvalue weighted by Crippen LogP contribution is 2.48. The van der Waals surface area contributed by atoms with Gasteiger partial charge in [0, 0.05) is 0 Å². The first-order chi connectivity index (χ1) is 9.13. The number of carboxylic acids is 1. The first-order valence-electron chi connectivity index (χ1n) is 6.79. The predicted octanol–water partition coefficient (Wildman–Crippen LogP) is 3.34. The summed E-state index contributed by atoms with van der Waals surface area (Å²) in [5, 5.41) is 9.04. The van der Waals surface area contributed by atoms with Crippen LogP contribution in [0.1, 0.15) is 36.0 Å². The second kappa shape index (κ2) is 4.83. The van der Waals surface area contributed by atoms with Crippen LogP contribution >= 0.6 is 0 Å². The Morgan fingerprint density at radius 1 is 1.37 bits per heavy atom. The molecule has 0 spiro atoms. The Balaban J connectivity index is 1.68. The maximum absolute atomic E-state index is 13.1. The SMILES string of the molecule is O=C(O)c1cc(F)ccc1OCC1CC2CCC1C2. The van der Waals surface area contributed by atoms with Crippen molar-refractivity contribution in [1.82, 2.24) is 0 Å². The molecule has 2 saturated carbocycles. The van der Waals surface area contributed by atoms with Crippen molar-refractivity contribution in [1.29, 1.82) is 0 Å². The van der Waals surface area contributed by atoms with Gasteiger partial charge < -0.3 is 9.84 Å². The topological polar surface area (TPSA) is 46.5 Å². The fourth-order valence-corrected chi connectivity index (χ4v) is 3.57. The summed E-state index contributed by atoms with van der Waals surface area (Å²) in [5.41, 5.74) is -0.0943. The monoisotopic (exact) mass is 264 g/mol. The summed E-state index contributed by atoms with van der Waals surface area (Å²) in [5.74, 6) is 0.679. The van der Waals surface area contributed by atoms with E-state index in [2.05, 4.69) is 0 Å². The van der Waals surface area contributed by atoms with E-state index in [1.807, 2.05) is 0 Å². The van der Waals surface area contributed by atoms with Crippen LogP contribution in [0.15, 0.2) is 18.2 Å². The van der Waals surface area contributed by atoms with E-state index < -0.39 is 11.8 Å². The van der Waals surface area contributed by atoms with E-state index >= 15 is 0 Å². The van der Waals surface area contributed by atoms with Crippen LogP contribution in [0.2, 0.25) is 0 Å². The normalized spacial score (nSPS) is 28.6. The maximum Gasteiger partial charge on any atom is 0.339 e. The summed E-state index contributed by atoms with van der Waals surface area (Å²) >= 11 is 0. The van der Waals surface area contributed by atoms with Gasteiger partial charge in [0.25, 0.3) is 0 Å². The average Bonchev–Trinajstić information content (AvgIpc) is 2.99. The van der Waals surface area contributed by atoms with E-state index in [0.29, 0.717) is 12.5 Å². The minimum atomic E-state index is -1.15. The molecule has 19 heavy (non-hydrogen) atoms. The molecule has 2 aliphatic carbocycles. The number of carbonyl (C=O) groups is 1. The van der Waals surface area contributed by atoms with Gasteiger partial charge >= 0.3 is 5.97 Å². The van der Waals surface area contributed by atoms with Crippen LogP contribution in [0.5, 0.6) is 5.75 Å². The molecule has 4 heteroatoms. The Bertz CT molecular complexity index is 500. The zero-order valence-corrected chi connectivity index (χ0v) is 10.6. The van der Waals surface area contributed by atoms with Gasteiger partial charge in [0.05, 0.1) is 6.61 Å². The zero-order chi connectivity index (χ0) is 13.4. The molecule has 0 amide bonds. The predicted molar refractivity (Wildman–Crippen MR) is 67.8 cm³/mol. The zero-order valence-electron chi connectivity index (χ0n) is 10.6. The van der Waals surface area contributed by atoms with Crippen molar-refractivity contribution in [2.45, 2.75) is 25.7 Å². The molecule has 3 rings (SSSR count). The molecule has 1 aromatic carbocycles. The number of carboxylic acid groups (broad SMARTS) is 1. The van der Waals surface area contributed by atoms with Crippen LogP contribution in [0, 0.1) is 23.6 Å². The standard InChI is InChI=1S/C15H17FO3/c16-12-3-4-14(13(7-12)15(17)18)19-8-11-6-9-1-2-10(11)5-9/h3-4,7,9-11H,1-2,5-6,8H2,(H,17,18). The number of rotatable bonds is 4. The molecule has 102 valence electrons. The third-order valence-electron chi connectivity index (χ3n) is 4.51. The lowest BCUT2D eigenvalue weighted by Gasteiger charge is -2.22. The molecule has 0 aliphatic heterocycles. The third-order valence-corrected chi connectivity index (χ3v) is 4.51. The molecule has 1 N–H and O–H groups in total. The molecule has 2 bridgehead atoms. The van der Waals surface area contributed by atoms with Crippen LogP contribution in [0.3, 0.4) is 0 Å². The molecule has 3 unspecified atom stereocenters. The Morgan fingerprint density at radius 2 is 2.21 bits per heavy atom. The molecule has 3 atom stereocenters. The van der Waals surface area contributed by atoms with Gasteiger partial charge in [0.2, 0.25) is 0 Å². The van der Waals surface area contributed by atoms with Crippen LogP contribution in [-0.2, 0) is 0 Å². The maximum atomic E-state index is 13.1. The van der Waals surface area contributed by atoms with Crippen molar-refractivity contribution < 1.29 is 19.0 Å². The van der Waals surface area contributed by atoms with Gasteiger partial charge in [-0.2, -0.15) is 0 Å². The smallest absolute Gasteiger partial charge is 0.339 e. The van der Waals surface area contributed by atoms with E-state index in [4.69, 9.17) is 9.84 Å². The van der Waals surface area contributed by atoms with Gasteiger partial charge in [-0.15, -0.1) is 0 Å². The second-order valence-corrected chi connectivity index (χ2v) is 5.69. The Hall–Kier alpha value is -1.58. The minimum Gasteiger partial charge on any atom is -0.492 e. The lowest BCUT2D eigenvalue weighted by Crippen LogP contribution is -2.19. The van der Waals surface area contributed by atoms with Gasteiger partial charge in [-0.25, -0.2) is 9.18 Å². The Kier molecular flexibility index (Phi) is 3.17. The number of hydrogen-bond donors (Lipinski definition) is 1. The lowest BCUT2D eigenvalue weighted by molar-refractivity contribution is 0.0689. The van der Waals surface area contributed by atoms with Crippen LogP contribution in [0.4, 0.5) is 4.39 Å². The second-order valence-electron chi connectivity index (χ2n) is 5.69. The summed E-state index contributed by atoms with van der Waals surface area (Å²) < 4.78 is 18.7.